The molecule has 1 N–H and O–H groups in total. The molecule has 0 heterocycles. The summed E-state index contributed by atoms with van der Waals surface area (Å²) in [5.41, 5.74) is 2.31. The Bertz CT molecular complexity index is 430. The number of hydrogen-bond donors (Lipinski definition) is 1. The maximum Gasteiger partial charge on any atom is 0.126 e. The Hall–Kier alpha value is -1.22. The summed E-state index contributed by atoms with van der Waals surface area (Å²) in [7, 11) is 0. The molecule has 0 aliphatic rings. The Morgan fingerprint density at radius 1 is 0.957 bits per heavy atom. The maximum absolute atomic E-state index is 5.78. The van der Waals surface area contributed by atoms with Gasteiger partial charge in [-0.3, -0.25) is 0 Å². The zero-order chi connectivity index (χ0) is 17.2. The van der Waals surface area contributed by atoms with E-state index in [9.17, 15) is 0 Å². The summed E-state index contributed by atoms with van der Waals surface area (Å²) in [6, 6.07) is 4.59. The predicted octanol–water partition coefficient (Wildman–Crippen LogP) is 5.27. The van der Waals surface area contributed by atoms with Crippen molar-refractivity contribution in [3.63, 3.8) is 0 Å². The van der Waals surface area contributed by atoms with Crippen LogP contribution in [0.25, 0.3) is 0 Å². The Labute approximate surface area is 142 Å². The van der Waals surface area contributed by atoms with E-state index in [1.54, 1.807) is 0 Å². The largest absolute Gasteiger partial charge is 0.493 e. The minimum absolute atomic E-state index is 0.299. The molecule has 1 aromatic rings. The van der Waals surface area contributed by atoms with Crippen LogP contribution in [0.15, 0.2) is 12.1 Å². The van der Waals surface area contributed by atoms with Crippen molar-refractivity contribution in [3.05, 3.63) is 23.3 Å². The highest BCUT2D eigenvalue weighted by molar-refractivity contribution is 5.48. The van der Waals surface area contributed by atoms with Crippen LogP contribution in [0.1, 0.15) is 71.0 Å². The highest BCUT2D eigenvalue weighted by atomic mass is 16.5. The predicted molar refractivity (Wildman–Crippen MR) is 98.6 cm³/mol. The van der Waals surface area contributed by atoms with E-state index in [0.29, 0.717) is 19.3 Å². The van der Waals surface area contributed by atoms with E-state index in [0.717, 1.165) is 29.5 Å². The van der Waals surface area contributed by atoms with Gasteiger partial charge >= 0.3 is 0 Å². The van der Waals surface area contributed by atoms with E-state index in [4.69, 9.17) is 9.47 Å². The second-order valence-corrected chi connectivity index (χ2v) is 6.57. The van der Waals surface area contributed by atoms with Crippen molar-refractivity contribution >= 4 is 0 Å². The van der Waals surface area contributed by atoms with Crippen molar-refractivity contribution in [3.8, 4) is 11.5 Å². The van der Waals surface area contributed by atoms with Gasteiger partial charge in [-0.2, -0.15) is 0 Å². The summed E-state index contributed by atoms with van der Waals surface area (Å²) in [4.78, 5) is 0. The summed E-state index contributed by atoms with van der Waals surface area (Å²) in [6.07, 6.45) is 3.83. The Morgan fingerprint density at radius 3 is 2.00 bits per heavy atom. The third-order valence-electron chi connectivity index (χ3n) is 4.09. The zero-order valence-corrected chi connectivity index (χ0v) is 15.9. The number of rotatable bonds is 11. The molecule has 0 fully saturated rings. The van der Waals surface area contributed by atoms with Crippen molar-refractivity contribution in [2.75, 3.05) is 19.8 Å². The molecule has 0 bridgehead atoms. The van der Waals surface area contributed by atoms with Gasteiger partial charge in [-0.05, 0) is 64.3 Å². The van der Waals surface area contributed by atoms with Crippen LogP contribution in [-0.4, -0.2) is 19.8 Å². The van der Waals surface area contributed by atoms with E-state index in [1.165, 1.54) is 24.8 Å². The first-order valence-corrected chi connectivity index (χ1v) is 9.13. The van der Waals surface area contributed by atoms with Crippen molar-refractivity contribution < 1.29 is 9.47 Å². The van der Waals surface area contributed by atoms with Crippen molar-refractivity contribution in [1.82, 2.24) is 5.32 Å². The Morgan fingerprint density at radius 2 is 1.52 bits per heavy atom. The summed E-state index contributed by atoms with van der Waals surface area (Å²) in [5.74, 6) is 2.66. The lowest BCUT2D eigenvalue weighted by Gasteiger charge is -2.19. The molecule has 1 atom stereocenters. The molecule has 0 amide bonds. The van der Waals surface area contributed by atoms with Gasteiger partial charge in [-0.25, -0.2) is 0 Å². The number of nitrogens with one attached hydrogen (secondary N) is 1. The van der Waals surface area contributed by atoms with Gasteiger partial charge in [0.15, 0.2) is 0 Å². The number of unbranched alkanes of at least 4 members (excludes halogenated alkanes) is 1. The standard InChI is InChI=1S/C20H35NO2/c1-7-22-19-13-18(14-20(16(19)5)23-8-2)17(6)21-12-10-9-11-15(3)4/h13-15,17,21H,7-12H2,1-6H3. The fourth-order valence-corrected chi connectivity index (χ4v) is 2.66. The van der Waals surface area contributed by atoms with E-state index < -0.39 is 0 Å². The van der Waals surface area contributed by atoms with E-state index in [1.807, 2.05) is 13.8 Å². The smallest absolute Gasteiger partial charge is 0.126 e. The first-order valence-electron chi connectivity index (χ1n) is 9.13. The Kier molecular flexibility index (Phi) is 9.08. The van der Waals surface area contributed by atoms with Crippen LogP contribution in [-0.2, 0) is 0 Å². The lowest BCUT2D eigenvalue weighted by atomic mass is 10.0. The summed E-state index contributed by atoms with van der Waals surface area (Å²) >= 11 is 0. The third-order valence-corrected chi connectivity index (χ3v) is 4.09. The molecule has 3 heteroatoms. The molecule has 23 heavy (non-hydrogen) atoms. The molecule has 0 aromatic heterocycles. The molecule has 3 nitrogen and oxygen atoms in total. The molecule has 0 aliphatic heterocycles. The summed E-state index contributed by atoms with van der Waals surface area (Å²) in [5, 5.41) is 3.62. The highest BCUT2D eigenvalue weighted by Crippen LogP contribution is 2.32. The normalized spacial score (nSPS) is 12.5. The fraction of sp³-hybridized carbons (Fsp3) is 0.700. The topological polar surface area (TPSA) is 30.5 Å². The van der Waals surface area contributed by atoms with Gasteiger partial charge in [0.1, 0.15) is 11.5 Å². The molecule has 0 saturated heterocycles. The average molecular weight is 322 g/mol. The Balaban J connectivity index is 2.69. The number of hydrogen-bond acceptors (Lipinski definition) is 3. The number of ether oxygens (including phenoxy) is 2. The maximum atomic E-state index is 5.78. The molecular formula is C20H35NO2. The first-order chi connectivity index (χ1) is 11.0. The second kappa shape index (κ2) is 10.5. The first kappa shape index (κ1) is 19.8. The second-order valence-electron chi connectivity index (χ2n) is 6.57. The highest BCUT2D eigenvalue weighted by Gasteiger charge is 2.13. The van der Waals surface area contributed by atoms with Crippen LogP contribution in [0.5, 0.6) is 11.5 Å². The molecule has 1 unspecified atom stereocenters. The van der Waals surface area contributed by atoms with Gasteiger partial charge in [0.2, 0.25) is 0 Å². The molecule has 132 valence electrons. The van der Waals surface area contributed by atoms with Crippen LogP contribution in [0.4, 0.5) is 0 Å². The SMILES string of the molecule is CCOc1cc(C(C)NCCCCC(C)C)cc(OCC)c1C. The van der Waals surface area contributed by atoms with Crippen LogP contribution in [0.2, 0.25) is 0 Å². The molecule has 0 spiro atoms. The van der Waals surface area contributed by atoms with Crippen LogP contribution < -0.4 is 14.8 Å². The third kappa shape index (κ3) is 6.82. The van der Waals surface area contributed by atoms with Gasteiger partial charge in [0, 0.05) is 11.6 Å². The van der Waals surface area contributed by atoms with Crippen molar-refractivity contribution in [2.24, 2.45) is 5.92 Å². The van der Waals surface area contributed by atoms with Gasteiger partial charge in [-0.1, -0.05) is 26.7 Å². The number of benzene rings is 1. The monoisotopic (exact) mass is 321 g/mol. The minimum atomic E-state index is 0.299. The van der Waals surface area contributed by atoms with E-state index in [2.05, 4.69) is 45.1 Å². The van der Waals surface area contributed by atoms with Crippen molar-refractivity contribution in [2.45, 2.75) is 66.8 Å². The fourth-order valence-electron chi connectivity index (χ4n) is 2.66. The summed E-state index contributed by atoms with van der Waals surface area (Å²) < 4.78 is 11.6. The zero-order valence-electron chi connectivity index (χ0n) is 15.9. The molecule has 0 aliphatic carbocycles. The molecule has 0 saturated carbocycles. The van der Waals surface area contributed by atoms with Crippen LogP contribution >= 0.6 is 0 Å². The minimum Gasteiger partial charge on any atom is -0.493 e. The van der Waals surface area contributed by atoms with Gasteiger partial charge in [0.25, 0.3) is 0 Å². The van der Waals surface area contributed by atoms with Crippen molar-refractivity contribution in [1.29, 1.82) is 0 Å². The van der Waals surface area contributed by atoms with E-state index >= 15 is 0 Å². The lowest BCUT2D eigenvalue weighted by Crippen LogP contribution is -2.20. The quantitative estimate of drug-likeness (QED) is 0.563. The average Bonchev–Trinajstić information content (AvgIpc) is 2.50. The van der Waals surface area contributed by atoms with Gasteiger partial charge in [0.05, 0.1) is 13.2 Å². The molecule has 1 rings (SSSR count). The molecular weight excluding hydrogens is 286 g/mol. The van der Waals surface area contributed by atoms with Gasteiger partial charge in [-0.15, -0.1) is 0 Å². The summed E-state index contributed by atoms with van der Waals surface area (Å²) in [6.45, 7) is 15.3. The van der Waals surface area contributed by atoms with Crippen LogP contribution in [0.3, 0.4) is 0 Å². The molecule has 1 aromatic carbocycles. The van der Waals surface area contributed by atoms with E-state index in [-0.39, 0.29) is 0 Å². The van der Waals surface area contributed by atoms with Gasteiger partial charge < -0.3 is 14.8 Å². The van der Waals surface area contributed by atoms with Crippen LogP contribution in [0, 0.1) is 12.8 Å². The molecule has 0 radical (unpaired) electrons. The lowest BCUT2D eigenvalue weighted by molar-refractivity contribution is 0.317.